The molecule has 1 aliphatic carbocycles. The van der Waals surface area contributed by atoms with Crippen molar-refractivity contribution in [2.45, 2.75) is 38.3 Å². The highest BCUT2D eigenvalue weighted by Crippen LogP contribution is 2.38. The zero-order valence-electron chi connectivity index (χ0n) is 16.6. The number of rotatable bonds is 5. The van der Waals surface area contributed by atoms with E-state index < -0.39 is 0 Å². The van der Waals surface area contributed by atoms with Gasteiger partial charge in [-0.1, -0.05) is 42.9 Å². The number of amides is 1. The van der Waals surface area contributed by atoms with E-state index >= 15 is 0 Å². The molecule has 7 nitrogen and oxygen atoms in total. The summed E-state index contributed by atoms with van der Waals surface area (Å²) >= 11 is 6.74. The van der Waals surface area contributed by atoms with Crippen LogP contribution in [0.15, 0.2) is 56.9 Å². The van der Waals surface area contributed by atoms with Crippen LogP contribution in [0.5, 0.6) is 0 Å². The van der Waals surface area contributed by atoms with Crippen LogP contribution in [-0.4, -0.2) is 30.6 Å². The molecule has 3 aromatic rings. The van der Waals surface area contributed by atoms with Gasteiger partial charge in [0.25, 0.3) is 11.5 Å². The van der Waals surface area contributed by atoms with Gasteiger partial charge in [-0.3, -0.25) is 18.9 Å². The lowest BCUT2D eigenvalue weighted by Gasteiger charge is -2.21. The number of furan rings is 1. The molecule has 1 saturated carbocycles. The number of nitrogens with one attached hydrogen (secondary N) is 1. The number of nitrogens with zero attached hydrogens (tertiary/aromatic N) is 3. The summed E-state index contributed by atoms with van der Waals surface area (Å²) in [6.07, 6.45) is 9.03. The maximum Gasteiger partial charge on any atom is 0.267 e. The zero-order valence-corrected chi connectivity index (χ0v) is 18.2. The second kappa shape index (κ2) is 8.32. The van der Waals surface area contributed by atoms with Crippen LogP contribution >= 0.6 is 24.0 Å². The summed E-state index contributed by atoms with van der Waals surface area (Å²) in [6.45, 7) is 0.367. The summed E-state index contributed by atoms with van der Waals surface area (Å²) in [5, 5.41) is 3.19. The lowest BCUT2D eigenvalue weighted by atomic mass is 10.2. The first-order chi connectivity index (χ1) is 15.1. The van der Waals surface area contributed by atoms with E-state index in [0.29, 0.717) is 38.6 Å². The molecule has 0 aromatic carbocycles. The van der Waals surface area contributed by atoms with Gasteiger partial charge in [0.1, 0.15) is 21.5 Å². The highest BCUT2D eigenvalue weighted by atomic mass is 32.2. The van der Waals surface area contributed by atoms with E-state index in [9.17, 15) is 9.59 Å². The Morgan fingerprint density at radius 1 is 1.23 bits per heavy atom. The first kappa shape index (κ1) is 20.0. The summed E-state index contributed by atoms with van der Waals surface area (Å²) in [5.74, 6) is 0.990. The molecule has 1 N–H and O–H groups in total. The second-order valence-corrected chi connectivity index (χ2v) is 9.21. The van der Waals surface area contributed by atoms with E-state index in [-0.39, 0.29) is 17.5 Å². The van der Waals surface area contributed by atoms with Crippen LogP contribution in [0.1, 0.15) is 37.0 Å². The molecule has 158 valence electrons. The van der Waals surface area contributed by atoms with Crippen molar-refractivity contribution in [3.8, 4) is 0 Å². The molecule has 9 heteroatoms. The van der Waals surface area contributed by atoms with Crippen molar-refractivity contribution in [1.29, 1.82) is 0 Å². The van der Waals surface area contributed by atoms with E-state index in [4.69, 9.17) is 16.6 Å². The van der Waals surface area contributed by atoms with Gasteiger partial charge in [0, 0.05) is 12.2 Å². The van der Waals surface area contributed by atoms with Crippen molar-refractivity contribution in [3.63, 3.8) is 0 Å². The Kier molecular flexibility index (Phi) is 5.37. The average molecular weight is 453 g/mol. The molecule has 0 atom stereocenters. The molecule has 0 spiro atoms. The minimum Gasteiger partial charge on any atom is -0.467 e. The number of hydrogen-bond donors (Lipinski definition) is 1. The molecule has 4 heterocycles. The molecule has 0 bridgehead atoms. The fourth-order valence-electron chi connectivity index (χ4n) is 4.04. The van der Waals surface area contributed by atoms with Gasteiger partial charge >= 0.3 is 0 Å². The minimum atomic E-state index is -0.251. The van der Waals surface area contributed by atoms with E-state index in [1.54, 1.807) is 41.6 Å². The number of thiocarbonyl (C=S) groups is 1. The number of thioether (sulfide) groups is 1. The van der Waals surface area contributed by atoms with Crippen molar-refractivity contribution in [2.24, 2.45) is 0 Å². The molecule has 1 aliphatic heterocycles. The molecular weight excluding hydrogens is 432 g/mol. The molecule has 2 fully saturated rings. The van der Waals surface area contributed by atoms with E-state index in [2.05, 4.69) is 10.3 Å². The van der Waals surface area contributed by atoms with Gasteiger partial charge in [-0.15, -0.1) is 0 Å². The minimum absolute atomic E-state index is 0.128. The van der Waals surface area contributed by atoms with Crippen molar-refractivity contribution in [1.82, 2.24) is 14.3 Å². The predicted octanol–water partition coefficient (Wildman–Crippen LogP) is 4.04. The van der Waals surface area contributed by atoms with Crippen LogP contribution in [0.3, 0.4) is 0 Å². The lowest BCUT2D eigenvalue weighted by Crippen LogP contribution is -2.36. The van der Waals surface area contributed by atoms with Gasteiger partial charge in [0.2, 0.25) is 0 Å². The highest BCUT2D eigenvalue weighted by molar-refractivity contribution is 8.26. The third-order valence-electron chi connectivity index (χ3n) is 5.57. The smallest absolute Gasteiger partial charge is 0.267 e. The van der Waals surface area contributed by atoms with Crippen LogP contribution in [0.2, 0.25) is 0 Å². The monoisotopic (exact) mass is 452 g/mol. The third-order valence-corrected chi connectivity index (χ3v) is 6.90. The van der Waals surface area contributed by atoms with E-state index in [1.165, 1.54) is 16.2 Å². The second-order valence-electron chi connectivity index (χ2n) is 7.53. The van der Waals surface area contributed by atoms with Crippen molar-refractivity contribution in [3.05, 3.63) is 69.4 Å². The van der Waals surface area contributed by atoms with Gasteiger partial charge in [-0.05, 0) is 43.2 Å². The first-order valence-electron chi connectivity index (χ1n) is 10.2. The van der Waals surface area contributed by atoms with Crippen LogP contribution < -0.4 is 10.9 Å². The van der Waals surface area contributed by atoms with Crippen LogP contribution in [0.25, 0.3) is 11.7 Å². The molecule has 31 heavy (non-hydrogen) atoms. The van der Waals surface area contributed by atoms with Gasteiger partial charge in [0.05, 0.1) is 23.3 Å². The number of hydrogen-bond acceptors (Lipinski definition) is 7. The Morgan fingerprint density at radius 2 is 2.06 bits per heavy atom. The van der Waals surface area contributed by atoms with Crippen molar-refractivity contribution < 1.29 is 9.21 Å². The molecule has 1 amide bonds. The maximum atomic E-state index is 13.3. The molecule has 5 rings (SSSR count). The summed E-state index contributed by atoms with van der Waals surface area (Å²) in [7, 11) is 0. The quantitative estimate of drug-likeness (QED) is 0.462. The highest BCUT2D eigenvalue weighted by Gasteiger charge is 2.38. The Bertz CT molecular complexity index is 1240. The van der Waals surface area contributed by atoms with Crippen LogP contribution in [0.4, 0.5) is 5.82 Å². The normalized spacial score (nSPS) is 18.6. The SMILES string of the molecule is O=C1C(=Cc2c(NCc3ccco3)nc3ccccn3c2=O)SC(=S)N1C1CCCC1. The van der Waals surface area contributed by atoms with Gasteiger partial charge in [-0.2, -0.15) is 0 Å². The number of carbonyl (C=O) groups excluding carboxylic acids is 1. The fraction of sp³-hybridized carbons (Fsp3) is 0.273. The van der Waals surface area contributed by atoms with Crippen molar-refractivity contribution >= 4 is 51.7 Å². The summed E-state index contributed by atoms with van der Waals surface area (Å²) in [4.78, 5) is 33.2. The molecular formula is C22H20N4O3S2. The third kappa shape index (κ3) is 3.79. The zero-order chi connectivity index (χ0) is 21.4. The molecule has 3 aromatic heterocycles. The Morgan fingerprint density at radius 3 is 2.84 bits per heavy atom. The number of carbonyl (C=O) groups is 1. The molecule has 1 saturated heterocycles. The Hall–Kier alpha value is -2.91. The Balaban J connectivity index is 1.55. The first-order valence-corrected chi connectivity index (χ1v) is 11.4. The predicted molar refractivity (Wildman–Crippen MR) is 125 cm³/mol. The lowest BCUT2D eigenvalue weighted by molar-refractivity contribution is -0.123. The Labute approximate surface area is 188 Å². The number of aromatic nitrogens is 2. The largest absolute Gasteiger partial charge is 0.467 e. The van der Waals surface area contributed by atoms with Crippen LogP contribution in [0, 0.1) is 0 Å². The standard InChI is InChI=1S/C22H20N4O3S2/c27-20-16(12-17-21(28)26(22(30)31-17)14-6-1-2-7-14)19(23-13-15-8-5-11-29-15)24-18-9-3-4-10-25(18)20/h3-5,8-12,14,23H,1-2,6-7,13H2. The summed E-state index contributed by atoms with van der Waals surface area (Å²) < 4.78 is 7.41. The van der Waals surface area contributed by atoms with Gasteiger partial charge < -0.3 is 9.73 Å². The topological polar surface area (TPSA) is 79.9 Å². The number of fused-ring (bicyclic) bond motifs is 1. The maximum absolute atomic E-state index is 13.3. The van der Waals surface area contributed by atoms with E-state index in [0.717, 1.165) is 25.7 Å². The molecule has 0 radical (unpaired) electrons. The fourth-order valence-corrected chi connectivity index (χ4v) is 5.42. The van der Waals surface area contributed by atoms with Gasteiger partial charge in [0.15, 0.2) is 0 Å². The molecule has 0 unspecified atom stereocenters. The van der Waals surface area contributed by atoms with E-state index in [1.807, 2.05) is 12.1 Å². The number of anilines is 1. The van der Waals surface area contributed by atoms with Gasteiger partial charge in [-0.25, -0.2) is 4.98 Å². The average Bonchev–Trinajstić information content (AvgIpc) is 3.52. The van der Waals surface area contributed by atoms with Crippen LogP contribution in [-0.2, 0) is 11.3 Å². The molecule has 2 aliphatic rings. The van der Waals surface area contributed by atoms with Crippen molar-refractivity contribution in [2.75, 3.05) is 5.32 Å². The number of pyridine rings is 1. The summed E-state index contributed by atoms with van der Waals surface area (Å²) in [5.41, 5.74) is 0.589. The summed E-state index contributed by atoms with van der Waals surface area (Å²) in [6, 6.07) is 9.16.